The Bertz CT molecular complexity index is 698. The van der Waals surface area contributed by atoms with Crippen molar-refractivity contribution in [1.82, 2.24) is 0 Å². The fraction of sp³-hybridized carbons (Fsp3) is 0.450. The number of rotatable bonds is 8. The predicted molar refractivity (Wildman–Crippen MR) is 98.7 cm³/mol. The summed E-state index contributed by atoms with van der Waals surface area (Å²) in [5.74, 6) is 0.690. The van der Waals surface area contributed by atoms with Crippen LogP contribution in [0.15, 0.2) is 36.4 Å². The van der Waals surface area contributed by atoms with Crippen LogP contribution in [0.3, 0.4) is 0 Å². The molecule has 2 rings (SSSR count). The van der Waals surface area contributed by atoms with E-state index in [2.05, 4.69) is 12.2 Å². The van der Waals surface area contributed by atoms with Crippen molar-refractivity contribution < 1.29 is 14.3 Å². The maximum atomic E-state index is 12.9. The minimum atomic E-state index is -0.814. The molecule has 2 aromatic rings. The molecule has 0 saturated carbocycles. The largest absolute Gasteiger partial charge is 0.496 e. The molecule has 4 nitrogen and oxygen atoms in total. The zero-order valence-corrected chi connectivity index (χ0v) is 15.0. The van der Waals surface area contributed by atoms with E-state index >= 15 is 0 Å². The highest BCUT2D eigenvalue weighted by atomic mass is 16.5. The van der Waals surface area contributed by atoms with Crippen LogP contribution in [0.5, 0.6) is 5.75 Å². The molecule has 1 N–H and O–H groups in total. The van der Waals surface area contributed by atoms with Gasteiger partial charge in [-0.1, -0.05) is 44.0 Å². The third-order valence-corrected chi connectivity index (χ3v) is 4.30. The molecule has 0 radical (unpaired) electrons. The summed E-state index contributed by atoms with van der Waals surface area (Å²) in [5.41, 5.74) is -0.0370. The number of nitrogens with one attached hydrogen (secondary N) is 1. The molecule has 0 saturated heterocycles. The zero-order chi connectivity index (χ0) is 17.6. The summed E-state index contributed by atoms with van der Waals surface area (Å²) in [6.07, 6.45) is 2.69. The molecule has 1 amide bonds. The third-order valence-electron chi connectivity index (χ3n) is 4.30. The number of fused-ring (bicyclic) bond motifs is 1. The first-order valence-electron chi connectivity index (χ1n) is 8.57. The van der Waals surface area contributed by atoms with E-state index in [0.29, 0.717) is 13.0 Å². The van der Waals surface area contributed by atoms with Gasteiger partial charge in [0.1, 0.15) is 11.4 Å². The van der Waals surface area contributed by atoms with E-state index in [1.54, 1.807) is 7.11 Å². The second-order valence-corrected chi connectivity index (χ2v) is 6.08. The Labute approximate surface area is 144 Å². The van der Waals surface area contributed by atoms with Crippen LogP contribution in [0.2, 0.25) is 0 Å². The van der Waals surface area contributed by atoms with Crippen LogP contribution in [-0.2, 0) is 9.53 Å². The van der Waals surface area contributed by atoms with Gasteiger partial charge in [0.05, 0.1) is 7.11 Å². The molecule has 2 aromatic carbocycles. The van der Waals surface area contributed by atoms with Crippen molar-refractivity contribution in [1.29, 1.82) is 0 Å². The highest BCUT2D eigenvalue weighted by Crippen LogP contribution is 2.32. The summed E-state index contributed by atoms with van der Waals surface area (Å²) in [4.78, 5) is 12.9. The first-order chi connectivity index (χ1) is 11.6. The van der Waals surface area contributed by atoms with Crippen molar-refractivity contribution in [3.05, 3.63) is 36.4 Å². The fourth-order valence-corrected chi connectivity index (χ4v) is 2.90. The van der Waals surface area contributed by atoms with Crippen LogP contribution >= 0.6 is 0 Å². The molecule has 130 valence electrons. The quantitative estimate of drug-likeness (QED) is 0.758. The lowest BCUT2D eigenvalue weighted by Crippen LogP contribution is -2.42. The zero-order valence-electron chi connectivity index (χ0n) is 15.0. The van der Waals surface area contributed by atoms with Crippen molar-refractivity contribution in [2.24, 2.45) is 0 Å². The summed E-state index contributed by atoms with van der Waals surface area (Å²) in [5, 5.41) is 4.99. The molecule has 1 unspecified atom stereocenters. The molecular formula is C20H27NO3. The molecule has 0 heterocycles. The van der Waals surface area contributed by atoms with Crippen LogP contribution in [-0.4, -0.2) is 25.2 Å². The van der Waals surface area contributed by atoms with E-state index in [4.69, 9.17) is 9.47 Å². The van der Waals surface area contributed by atoms with Crippen LogP contribution < -0.4 is 10.1 Å². The van der Waals surface area contributed by atoms with Gasteiger partial charge in [0.2, 0.25) is 0 Å². The van der Waals surface area contributed by atoms with Crippen LogP contribution in [0.1, 0.15) is 40.0 Å². The van der Waals surface area contributed by atoms with E-state index in [1.807, 2.05) is 50.2 Å². The first kappa shape index (κ1) is 18.3. The van der Waals surface area contributed by atoms with Crippen molar-refractivity contribution >= 4 is 22.4 Å². The molecule has 0 spiro atoms. The van der Waals surface area contributed by atoms with E-state index in [0.717, 1.165) is 35.1 Å². The van der Waals surface area contributed by atoms with Crippen LogP contribution in [0.25, 0.3) is 10.8 Å². The van der Waals surface area contributed by atoms with Crippen molar-refractivity contribution in [3.8, 4) is 5.75 Å². The van der Waals surface area contributed by atoms with Gasteiger partial charge in [-0.3, -0.25) is 4.79 Å². The molecule has 1 atom stereocenters. The summed E-state index contributed by atoms with van der Waals surface area (Å²) >= 11 is 0. The fourth-order valence-electron chi connectivity index (χ4n) is 2.90. The Balaban J connectivity index is 2.32. The summed E-state index contributed by atoms with van der Waals surface area (Å²) in [6.45, 7) is 6.41. The molecule has 0 bridgehead atoms. The van der Waals surface area contributed by atoms with Crippen molar-refractivity contribution in [2.45, 2.75) is 45.6 Å². The second kappa shape index (κ2) is 8.15. The lowest BCUT2D eigenvalue weighted by atomic mass is 9.97. The number of hydrogen-bond acceptors (Lipinski definition) is 3. The predicted octanol–water partition coefficient (Wildman–Crippen LogP) is 4.77. The minimum absolute atomic E-state index is 0.104. The monoisotopic (exact) mass is 329 g/mol. The van der Waals surface area contributed by atoms with E-state index in [9.17, 15) is 4.79 Å². The lowest BCUT2D eigenvalue weighted by Gasteiger charge is -2.28. The average molecular weight is 329 g/mol. The first-order valence-corrected chi connectivity index (χ1v) is 8.57. The van der Waals surface area contributed by atoms with Gasteiger partial charge >= 0.3 is 0 Å². The third kappa shape index (κ3) is 3.88. The van der Waals surface area contributed by atoms with Gasteiger partial charge in [-0.25, -0.2) is 0 Å². The summed E-state index contributed by atoms with van der Waals surface area (Å²) in [6, 6.07) is 11.6. The molecule has 0 aromatic heterocycles. The minimum Gasteiger partial charge on any atom is -0.496 e. The van der Waals surface area contributed by atoms with Gasteiger partial charge in [0.15, 0.2) is 0 Å². The molecule has 4 heteroatoms. The van der Waals surface area contributed by atoms with Gasteiger partial charge in [0, 0.05) is 23.1 Å². The molecule has 0 aliphatic heterocycles. The van der Waals surface area contributed by atoms with Gasteiger partial charge in [-0.15, -0.1) is 0 Å². The number of methoxy groups -OCH3 is 1. The maximum Gasteiger partial charge on any atom is 0.256 e. The Morgan fingerprint density at radius 3 is 2.46 bits per heavy atom. The molecule has 0 fully saturated rings. The Morgan fingerprint density at radius 1 is 1.12 bits per heavy atom. The number of amides is 1. The number of unbranched alkanes of at least 4 members (excludes halogenated alkanes) is 1. The van der Waals surface area contributed by atoms with Gasteiger partial charge < -0.3 is 14.8 Å². The number of anilines is 1. The standard InChI is InChI=1S/C20H27NO3/c1-5-7-14-20(3,24-6-2)19(22)21-17-12-13-18(23-4)16-11-9-8-10-15(16)17/h8-13H,5-7,14H2,1-4H3,(H,21,22). The highest BCUT2D eigenvalue weighted by Gasteiger charge is 2.33. The van der Waals surface area contributed by atoms with Gasteiger partial charge in [-0.05, 0) is 32.4 Å². The number of ether oxygens (including phenoxy) is 2. The topological polar surface area (TPSA) is 47.6 Å². The Kier molecular flexibility index (Phi) is 6.21. The van der Waals surface area contributed by atoms with Crippen molar-refractivity contribution in [2.75, 3.05) is 19.0 Å². The Morgan fingerprint density at radius 2 is 1.83 bits per heavy atom. The number of hydrogen-bond donors (Lipinski definition) is 1. The normalized spacial score (nSPS) is 13.5. The van der Waals surface area contributed by atoms with Gasteiger partial charge in [0.25, 0.3) is 5.91 Å². The van der Waals surface area contributed by atoms with E-state index in [-0.39, 0.29) is 5.91 Å². The maximum absolute atomic E-state index is 12.9. The number of carbonyl (C=O) groups is 1. The van der Waals surface area contributed by atoms with Gasteiger partial charge in [-0.2, -0.15) is 0 Å². The van der Waals surface area contributed by atoms with Crippen LogP contribution in [0.4, 0.5) is 5.69 Å². The number of benzene rings is 2. The van der Waals surface area contributed by atoms with E-state index in [1.165, 1.54) is 0 Å². The highest BCUT2D eigenvalue weighted by molar-refractivity contribution is 6.06. The van der Waals surface area contributed by atoms with Crippen molar-refractivity contribution in [3.63, 3.8) is 0 Å². The lowest BCUT2D eigenvalue weighted by molar-refractivity contribution is -0.139. The summed E-state index contributed by atoms with van der Waals surface area (Å²) in [7, 11) is 1.65. The van der Waals surface area contributed by atoms with E-state index < -0.39 is 5.60 Å². The Hall–Kier alpha value is -2.07. The van der Waals surface area contributed by atoms with Crippen LogP contribution in [0, 0.1) is 0 Å². The molecule has 0 aliphatic rings. The average Bonchev–Trinajstić information content (AvgIpc) is 2.60. The smallest absolute Gasteiger partial charge is 0.256 e. The second-order valence-electron chi connectivity index (χ2n) is 6.08. The molecule has 24 heavy (non-hydrogen) atoms. The molecular weight excluding hydrogens is 302 g/mol. The SMILES string of the molecule is CCCCC(C)(OCC)C(=O)Nc1ccc(OC)c2ccccc12. The molecule has 0 aliphatic carbocycles. The number of carbonyl (C=O) groups excluding carboxylic acids is 1. The summed E-state index contributed by atoms with van der Waals surface area (Å²) < 4.78 is 11.2.